The van der Waals surface area contributed by atoms with Crippen molar-refractivity contribution in [2.75, 3.05) is 11.1 Å². The summed E-state index contributed by atoms with van der Waals surface area (Å²) in [6.45, 7) is 4.25. The first-order valence-corrected chi connectivity index (χ1v) is 11.9. The van der Waals surface area contributed by atoms with Crippen molar-refractivity contribution in [3.63, 3.8) is 0 Å². The fourth-order valence-electron chi connectivity index (χ4n) is 3.93. The molecular formula is C27H25N3O2S. The third-order valence-corrected chi connectivity index (χ3v) is 6.76. The first kappa shape index (κ1) is 22.6. The Kier molecular flexibility index (Phi) is 6.81. The minimum Gasteiger partial charge on any atom is -0.325 e. The van der Waals surface area contributed by atoms with E-state index in [-0.39, 0.29) is 29.9 Å². The topological polar surface area (TPSA) is 82.0 Å². The minimum absolute atomic E-state index is 0.0899. The van der Waals surface area contributed by atoms with Gasteiger partial charge in [-0.15, -0.1) is 0 Å². The smallest absolute Gasteiger partial charge is 0.234 e. The molecule has 0 fully saturated rings. The second kappa shape index (κ2) is 9.93. The molecule has 6 heteroatoms. The Balaban J connectivity index is 1.48. The second-order valence-corrected chi connectivity index (χ2v) is 9.37. The summed E-state index contributed by atoms with van der Waals surface area (Å²) in [5.74, 6) is -0.155. The molecule has 5 nitrogen and oxygen atoms in total. The number of anilines is 1. The normalized spacial score (nSPS) is 15.9. The molecule has 0 aromatic heterocycles. The predicted molar refractivity (Wildman–Crippen MR) is 134 cm³/mol. The van der Waals surface area contributed by atoms with Gasteiger partial charge in [0.1, 0.15) is 0 Å². The Morgan fingerprint density at radius 2 is 1.85 bits per heavy atom. The van der Waals surface area contributed by atoms with Gasteiger partial charge in [-0.2, -0.15) is 5.26 Å². The van der Waals surface area contributed by atoms with Crippen molar-refractivity contribution < 1.29 is 9.59 Å². The maximum atomic E-state index is 12.6. The van der Waals surface area contributed by atoms with Gasteiger partial charge in [-0.1, -0.05) is 80.2 Å². The van der Waals surface area contributed by atoms with Gasteiger partial charge >= 0.3 is 0 Å². The molecule has 3 aromatic carbocycles. The van der Waals surface area contributed by atoms with E-state index in [4.69, 9.17) is 0 Å². The largest absolute Gasteiger partial charge is 0.325 e. The van der Waals surface area contributed by atoms with Crippen LogP contribution >= 0.6 is 11.8 Å². The van der Waals surface area contributed by atoms with Crippen LogP contribution in [-0.4, -0.2) is 17.6 Å². The zero-order valence-corrected chi connectivity index (χ0v) is 19.4. The maximum absolute atomic E-state index is 12.6. The molecule has 0 bridgehead atoms. The Bertz CT molecular complexity index is 1270. The first-order chi connectivity index (χ1) is 15.9. The number of thioether (sulfide) groups is 1. The summed E-state index contributed by atoms with van der Waals surface area (Å²) in [5.41, 5.74) is 3.35. The molecule has 4 rings (SSSR count). The predicted octanol–water partition coefficient (Wildman–Crippen LogP) is 5.67. The van der Waals surface area contributed by atoms with Gasteiger partial charge in [-0.25, -0.2) is 0 Å². The number of nitrogens with one attached hydrogen (secondary N) is 2. The van der Waals surface area contributed by atoms with Crippen LogP contribution in [0.4, 0.5) is 5.69 Å². The van der Waals surface area contributed by atoms with E-state index in [1.165, 1.54) is 17.3 Å². The van der Waals surface area contributed by atoms with Crippen LogP contribution in [0.3, 0.4) is 0 Å². The van der Waals surface area contributed by atoms with Crippen LogP contribution < -0.4 is 10.6 Å². The fourth-order valence-corrected chi connectivity index (χ4v) is 4.81. The molecule has 0 saturated carbocycles. The van der Waals surface area contributed by atoms with E-state index in [9.17, 15) is 14.9 Å². The highest BCUT2D eigenvalue weighted by atomic mass is 32.2. The van der Waals surface area contributed by atoms with Crippen LogP contribution in [0.1, 0.15) is 43.2 Å². The third kappa shape index (κ3) is 5.27. The lowest BCUT2D eigenvalue weighted by Crippen LogP contribution is -2.31. The van der Waals surface area contributed by atoms with Crippen LogP contribution in [0.5, 0.6) is 0 Å². The van der Waals surface area contributed by atoms with Gasteiger partial charge in [0.25, 0.3) is 0 Å². The van der Waals surface area contributed by atoms with E-state index >= 15 is 0 Å². The monoisotopic (exact) mass is 455 g/mol. The number of rotatable bonds is 6. The highest BCUT2D eigenvalue weighted by Crippen LogP contribution is 2.36. The van der Waals surface area contributed by atoms with Crippen LogP contribution in [0, 0.1) is 11.3 Å². The summed E-state index contributed by atoms with van der Waals surface area (Å²) in [6.07, 6.45) is 0.220. The van der Waals surface area contributed by atoms with Gasteiger partial charge in [0.2, 0.25) is 11.8 Å². The van der Waals surface area contributed by atoms with E-state index in [1.807, 2.05) is 66.7 Å². The lowest BCUT2D eigenvalue weighted by atomic mass is 9.86. The Morgan fingerprint density at radius 3 is 2.55 bits per heavy atom. The van der Waals surface area contributed by atoms with Crippen molar-refractivity contribution in [2.24, 2.45) is 0 Å². The van der Waals surface area contributed by atoms with Crippen molar-refractivity contribution in [3.05, 3.63) is 88.5 Å². The van der Waals surface area contributed by atoms with Crippen LogP contribution in [0.25, 0.3) is 10.8 Å². The summed E-state index contributed by atoms with van der Waals surface area (Å²) < 4.78 is 0. The Morgan fingerprint density at radius 1 is 1.12 bits per heavy atom. The molecule has 0 saturated heterocycles. The summed E-state index contributed by atoms with van der Waals surface area (Å²) in [4.78, 5) is 25.0. The van der Waals surface area contributed by atoms with Crippen LogP contribution in [0.2, 0.25) is 0 Å². The Hall–Kier alpha value is -3.56. The van der Waals surface area contributed by atoms with Gasteiger partial charge in [0.05, 0.1) is 22.4 Å². The molecule has 1 heterocycles. The molecule has 1 aliphatic heterocycles. The molecule has 3 aromatic rings. The van der Waals surface area contributed by atoms with E-state index in [1.54, 1.807) is 0 Å². The van der Waals surface area contributed by atoms with Crippen LogP contribution in [-0.2, 0) is 9.59 Å². The molecule has 0 unspecified atom stereocenters. The number of hydrogen-bond donors (Lipinski definition) is 2. The second-order valence-electron chi connectivity index (χ2n) is 8.38. The van der Waals surface area contributed by atoms with Crippen molar-refractivity contribution in [1.29, 1.82) is 5.26 Å². The molecule has 1 atom stereocenters. The zero-order chi connectivity index (χ0) is 23.4. The van der Waals surface area contributed by atoms with Crippen molar-refractivity contribution in [3.8, 4) is 6.07 Å². The number of nitriles is 1. The quantitative estimate of drug-likeness (QED) is 0.501. The van der Waals surface area contributed by atoms with Crippen LogP contribution in [0.15, 0.2) is 77.3 Å². The summed E-state index contributed by atoms with van der Waals surface area (Å²) >= 11 is 1.18. The van der Waals surface area contributed by atoms with Gasteiger partial charge in [-0.3, -0.25) is 9.59 Å². The molecule has 0 spiro atoms. The average Bonchev–Trinajstić information content (AvgIpc) is 2.82. The van der Waals surface area contributed by atoms with Gasteiger partial charge in [0, 0.05) is 18.0 Å². The fraction of sp³-hybridized carbons (Fsp3) is 0.222. The summed E-state index contributed by atoms with van der Waals surface area (Å²) in [7, 11) is 0. The standard InChI is InChI=1S/C27H25N3O2S/c1-17(2)18-7-9-20(10-8-18)23-14-25(31)30-27(24(23)15-28)33-16-26(32)29-22-12-11-19-5-3-4-6-21(19)13-22/h3-13,17,23H,14,16H2,1-2H3,(H,29,32)(H,30,31)/t23-/m1/s1. The van der Waals surface area contributed by atoms with E-state index in [0.29, 0.717) is 22.2 Å². The lowest BCUT2D eigenvalue weighted by Gasteiger charge is -2.25. The summed E-state index contributed by atoms with van der Waals surface area (Å²) in [6, 6.07) is 24.0. The number of nitrogens with zero attached hydrogens (tertiary/aromatic N) is 1. The number of allylic oxidation sites excluding steroid dienone is 1. The number of carbonyl (C=O) groups excluding carboxylic acids is 2. The highest BCUT2D eigenvalue weighted by molar-refractivity contribution is 8.03. The van der Waals surface area contributed by atoms with Crippen molar-refractivity contribution in [2.45, 2.75) is 32.1 Å². The Labute approximate surface area is 197 Å². The first-order valence-electron chi connectivity index (χ1n) is 10.9. The molecule has 2 amide bonds. The molecule has 166 valence electrons. The molecule has 1 aliphatic rings. The van der Waals surface area contributed by atoms with E-state index < -0.39 is 0 Å². The van der Waals surface area contributed by atoms with Gasteiger partial charge < -0.3 is 10.6 Å². The number of fused-ring (bicyclic) bond motifs is 1. The number of benzene rings is 3. The van der Waals surface area contributed by atoms with E-state index in [2.05, 4.69) is 30.6 Å². The lowest BCUT2D eigenvalue weighted by molar-refractivity contribution is -0.121. The molecule has 0 radical (unpaired) electrons. The highest BCUT2D eigenvalue weighted by Gasteiger charge is 2.30. The number of amides is 2. The zero-order valence-electron chi connectivity index (χ0n) is 18.6. The molecule has 33 heavy (non-hydrogen) atoms. The SMILES string of the molecule is CC(C)c1ccc([C@H]2CC(=O)NC(SCC(=O)Nc3ccc4ccccc4c3)=C2C#N)cc1. The van der Waals surface area contributed by atoms with Crippen molar-refractivity contribution in [1.82, 2.24) is 5.32 Å². The number of hydrogen-bond acceptors (Lipinski definition) is 4. The van der Waals surface area contributed by atoms with Gasteiger partial charge in [-0.05, 0) is 39.9 Å². The minimum atomic E-state index is -0.309. The van der Waals surface area contributed by atoms with E-state index in [0.717, 1.165) is 16.3 Å². The molecule has 0 aliphatic carbocycles. The average molecular weight is 456 g/mol. The maximum Gasteiger partial charge on any atom is 0.234 e. The summed E-state index contributed by atoms with van der Waals surface area (Å²) in [5, 5.41) is 18.1. The molecule has 2 N–H and O–H groups in total. The molecular weight excluding hydrogens is 430 g/mol. The van der Waals surface area contributed by atoms with Gasteiger partial charge in [0.15, 0.2) is 0 Å². The number of carbonyl (C=O) groups is 2. The van der Waals surface area contributed by atoms with Crippen molar-refractivity contribution >= 4 is 40.0 Å². The third-order valence-electron chi connectivity index (χ3n) is 5.74.